The summed E-state index contributed by atoms with van der Waals surface area (Å²) in [6.45, 7) is 12.0. The Morgan fingerprint density at radius 2 is 1.82 bits per heavy atom. The highest BCUT2D eigenvalue weighted by atomic mass is 15.3. The summed E-state index contributed by atoms with van der Waals surface area (Å²) in [6.07, 6.45) is 0. The van der Waals surface area contributed by atoms with Crippen LogP contribution in [0.15, 0.2) is 6.07 Å². The van der Waals surface area contributed by atoms with Gasteiger partial charge in [0.1, 0.15) is 11.6 Å². The van der Waals surface area contributed by atoms with Gasteiger partial charge in [0.25, 0.3) is 0 Å². The Labute approximate surface area is 133 Å². The Morgan fingerprint density at radius 1 is 1.18 bits per heavy atom. The molecule has 0 aliphatic carbocycles. The SMILES string of the molecule is CN1CC2CN(c3cc(NCC(C)(C)C)nc(N)n3)CC2C1. The molecule has 0 radical (unpaired) electrons. The van der Waals surface area contributed by atoms with Gasteiger partial charge in [0.2, 0.25) is 5.95 Å². The number of nitrogens with two attached hydrogens (primary N) is 1. The summed E-state index contributed by atoms with van der Waals surface area (Å²) < 4.78 is 0. The van der Waals surface area contributed by atoms with Crippen LogP contribution in [0.25, 0.3) is 0 Å². The van der Waals surface area contributed by atoms with Crippen LogP contribution in [0.1, 0.15) is 20.8 Å². The molecule has 0 bridgehead atoms. The molecule has 0 saturated carbocycles. The van der Waals surface area contributed by atoms with Crippen LogP contribution >= 0.6 is 0 Å². The minimum atomic E-state index is 0.204. The van der Waals surface area contributed by atoms with Gasteiger partial charge in [0.15, 0.2) is 0 Å². The Morgan fingerprint density at radius 3 is 2.41 bits per heavy atom. The van der Waals surface area contributed by atoms with Crippen molar-refractivity contribution in [1.82, 2.24) is 14.9 Å². The second-order valence-corrected chi connectivity index (χ2v) is 8.03. The number of nitrogens with one attached hydrogen (secondary N) is 1. The molecule has 22 heavy (non-hydrogen) atoms. The van der Waals surface area contributed by atoms with Gasteiger partial charge in [-0.3, -0.25) is 0 Å². The summed E-state index contributed by atoms with van der Waals surface area (Å²) in [5, 5.41) is 3.38. The smallest absolute Gasteiger partial charge is 0.223 e. The van der Waals surface area contributed by atoms with E-state index in [1.165, 1.54) is 13.1 Å². The van der Waals surface area contributed by atoms with Gasteiger partial charge < -0.3 is 20.9 Å². The highest BCUT2D eigenvalue weighted by Gasteiger charge is 2.39. The highest BCUT2D eigenvalue weighted by molar-refractivity contribution is 5.53. The van der Waals surface area contributed by atoms with E-state index >= 15 is 0 Å². The third kappa shape index (κ3) is 3.43. The van der Waals surface area contributed by atoms with Crippen molar-refractivity contribution in [2.24, 2.45) is 17.3 Å². The number of aromatic nitrogens is 2. The van der Waals surface area contributed by atoms with Crippen molar-refractivity contribution < 1.29 is 0 Å². The molecule has 2 unspecified atom stereocenters. The Hall–Kier alpha value is -1.56. The summed E-state index contributed by atoms with van der Waals surface area (Å²) in [7, 11) is 2.21. The van der Waals surface area contributed by atoms with Crippen LogP contribution in [0.4, 0.5) is 17.6 Å². The number of nitrogen functional groups attached to an aromatic ring is 1. The molecule has 2 aliphatic heterocycles. The lowest BCUT2D eigenvalue weighted by Crippen LogP contribution is -2.28. The number of rotatable bonds is 3. The van der Waals surface area contributed by atoms with Crippen molar-refractivity contribution in [3.8, 4) is 0 Å². The molecule has 0 aromatic carbocycles. The number of fused-ring (bicyclic) bond motifs is 1. The monoisotopic (exact) mass is 304 g/mol. The largest absolute Gasteiger partial charge is 0.369 e. The molecule has 122 valence electrons. The van der Waals surface area contributed by atoms with Crippen LogP contribution in [-0.2, 0) is 0 Å². The maximum atomic E-state index is 5.91. The zero-order valence-corrected chi connectivity index (χ0v) is 14.1. The van der Waals surface area contributed by atoms with Crippen molar-refractivity contribution in [1.29, 1.82) is 0 Å². The van der Waals surface area contributed by atoms with E-state index in [1.807, 2.05) is 6.07 Å². The number of hydrogen-bond donors (Lipinski definition) is 2. The normalized spacial score (nSPS) is 25.5. The van der Waals surface area contributed by atoms with Gasteiger partial charge in [-0.1, -0.05) is 20.8 Å². The summed E-state index contributed by atoms with van der Waals surface area (Å²) in [5.41, 5.74) is 6.11. The highest BCUT2D eigenvalue weighted by Crippen LogP contribution is 2.33. The lowest BCUT2D eigenvalue weighted by Gasteiger charge is -2.22. The number of likely N-dealkylation sites (tertiary alicyclic amines) is 1. The molecule has 0 spiro atoms. The lowest BCUT2D eigenvalue weighted by atomic mass is 9.97. The van der Waals surface area contributed by atoms with E-state index in [9.17, 15) is 0 Å². The van der Waals surface area contributed by atoms with Gasteiger partial charge in [0, 0.05) is 38.8 Å². The zero-order valence-electron chi connectivity index (χ0n) is 14.1. The lowest BCUT2D eigenvalue weighted by molar-refractivity contribution is 0.387. The van der Waals surface area contributed by atoms with E-state index in [0.29, 0.717) is 5.95 Å². The topological polar surface area (TPSA) is 70.3 Å². The first-order valence-corrected chi connectivity index (χ1v) is 8.12. The van der Waals surface area contributed by atoms with Crippen molar-refractivity contribution in [2.75, 3.05) is 55.7 Å². The molecule has 2 saturated heterocycles. The number of anilines is 3. The Balaban J connectivity index is 1.71. The van der Waals surface area contributed by atoms with Crippen molar-refractivity contribution in [3.63, 3.8) is 0 Å². The van der Waals surface area contributed by atoms with E-state index in [-0.39, 0.29) is 5.41 Å². The summed E-state index contributed by atoms with van der Waals surface area (Å²) in [6, 6.07) is 2.03. The molecule has 1 aromatic rings. The maximum Gasteiger partial charge on any atom is 0.223 e. The number of hydrogen-bond acceptors (Lipinski definition) is 6. The predicted octanol–water partition coefficient (Wildman–Crippen LogP) is 1.51. The molecule has 2 atom stereocenters. The molecule has 3 rings (SSSR count). The van der Waals surface area contributed by atoms with Crippen molar-refractivity contribution in [3.05, 3.63) is 6.07 Å². The van der Waals surface area contributed by atoms with Crippen LogP contribution in [0.2, 0.25) is 0 Å². The first-order chi connectivity index (χ1) is 10.3. The van der Waals surface area contributed by atoms with Gasteiger partial charge in [-0.2, -0.15) is 9.97 Å². The fourth-order valence-corrected chi connectivity index (χ4v) is 3.48. The second kappa shape index (κ2) is 5.57. The fourth-order valence-electron chi connectivity index (χ4n) is 3.48. The van der Waals surface area contributed by atoms with Crippen LogP contribution in [0, 0.1) is 17.3 Å². The van der Waals surface area contributed by atoms with E-state index in [0.717, 1.165) is 43.1 Å². The molecule has 3 N–H and O–H groups in total. The maximum absolute atomic E-state index is 5.91. The molecular formula is C16H28N6. The van der Waals surface area contributed by atoms with Gasteiger partial charge >= 0.3 is 0 Å². The van der Waals surface area contributed by atoms with E-state index in [4.69, 9.17) is 5.73 Å². The standard InChI is InChI=1S/C16H28N6/c1-16(2,3)10-18-13-5-14(20-15(17)19-13)22-8-11-6-21(4)7-12(11)9-22/h5,11-12H,6-10H2,1-4H3,(H3,17,18,19,20). The molecular weight excluding hydrogens is 276 g/mol. The average molecular weight is 304 g/mol. The molecule has 3 heterocycles. The van der Waals surface area contributed by atoms with Crippen LogP contribution in [-0.4, -0.2) is 54.6 Å². The van der Waals surface area contributed by atoms with Crippen LogP contribution in [0.3, 0.4) is 0 Å². The second-order valence-electron chi connectivity index (χ2n) is 8.03. The van der Waals surface area contributed by atoms with Crippen molar-refractivity contribution >= 4 is 17.6 Å². The first kappa shape index (κ1) is 15.3. The molecule has 0 amide bonds. The van der Waals surface area contributed by atoms with E-state index < -0.39 is 0 Å². The van der Waals surface area contributed by atoms with Gasteiger partial charge in [0.05, 0.1) is 0 Å². The molecule has 6 heteroatoms. The molecule has 6 nitrogen and oxygen atoms in total. The summed E-state index contributed by atoms with van der Waals surface area (Å²) in [4.78, 5) is 13.6. The van der Waals surface area contributed by atoms with Gasteiger partial charge in [-0.25, -0.2) is 0 Å². The fraction of sp³-hybridized carbons (Fsp3) is 0.750. The minimum Gasteiger partial charge on any atom is -0.369 e. The van der Waals surface area contributed by atoms with E-state index in [2.05, 4.69) is 52.9 Å². The van der Waals surface area contributed by atoms with Crippen LogP contribution in [0.5, 0.6) is 0 Å². The van der Waals surface area contributed by atoms with Crippen LogP contribution < -0.4 is 16.0 Å². The third-order valence-corrected chi connectivity index (χ3v) is 4.52. The zero-order chi connectivity index (χ0) is 15.9. The van der Waals surface area contributed by atoms with E-state index in [1.54, 1.807) is 0 Å². The summed E-state index contributed by atoms with van der Waals surface area (Å²) >= 11 is 0. The van der Waals surface area contributed by atoms with Crippen molar-refractivity contribution in [2.45, 2.75) is 20.8 Å². The first-order valence-electron chi connectivity index (χ1n) is 8.12. The quantitative estimate of drug-likeness (QED) is 0.882. The molecule has 2 fully saturated rings. The number of nitrogens with zero attached hydrogens (tertiary/aromatic N) is 4. The Kier molecular flexibility index (Phi) is 3.89. The van der Waals surface area contributed by atoms with Gasteiger partial charge in [-0.05, 0) is 24.3 Å². The molecule has 1 aromatic heterocycles. The predicted molar refractivity (Wildman–Crippen MR) is 91.1 cm³/mol. The average Bonchev–Trinajstić information content (AvgIpc) is 2.92. The minimum absolute atomic E-state index is 0.204. The van der Waals surface area contributed by atoms with Gasteiger partial charge in [-0.15, -0.1) is 0 Å². The molecule has 2 aliphatic rings. The Bertz CT molecular complexity index is 524. The summed E-state index contributed by atoms with van der Waals surface area (Å²) in [5.74, 6) is 3.65. The third-order valence-electron chi connectivity index (χ3n) is 4.52.